The molecule has 0 atom stereocenters. The number of nitrogens with one attached hydrogen (secondary N) is 1. The van der Waals surface area contributed by atoms with E-state index in [1.807, 2.05) is 0 Å². The van der Waals surface area contributed by atoms with Crippen LogP contribution in [0.5, 0.6) is 0 Å². The van der Waals surface area contributed by atoms with Crippen LogP contribution in [-0.2, 0) is 19.1 Å². The van der Waals surface area contributed by atoms with E-state index in [1.54, 1.807) is 0 Å². The molecule has 0 bridgehead atoms. The lowest BCUT2D eigenvalue weighted by Crippen LogP contribution is -1.95. The molecule has 21 heavy (non-hydrogen) atoms. The second-order valence-electron chi connectivity index (χ2n) is 3.13. The van der Waals surface area contributed by atoms with Crippen LogP contribution >= 0.6 is 34.7 Å². The van der Waals surface area contributed by atoms with E-state index in [1.165, 1.54) is 7.11 Å². The van der Waals surface area contributed by atoms with Crippen molar-refractivity contribution in [3.05, 3.63) is 0 Å². The number of rotatable bonds is 7. The Hall–Kier alpha value is -1.26. The Balaban J connectivity index is 1.93. The normalized spacial score (nSPS) is 12.1. The van der Waals surface area contributed by atoms with Gasteiger partial charge in [0.25, 0.3) is 5.13 Å². The Morgan fingerprint density at radius 1 is 1.24 bits per heavy atom. The topological polar surface area (TPSA) is 141 Å². The lowest BCUT2D eigenvalue weighted by Gasteiger charge is -1.89. The minimum Gasteiger partial charge on any atom is -0.232 e. The molecule has 0 unspecified atom stereocenters. The summed E-state index contributed by atoms with van der Waals surface area (Å²) in [6.07, 6.45) is 1.04. The molecule has 0 fully saturated rings. The van der Waals surface area contributed by atoms with Crippen molar-refractivity contribution in [1.29, 1.82) is 0 Å². The van der Waals surface area contributed by atoms with Crippen molar-refractivity contribution in [3.8, 4) is 0 Å². The first-order chi connectivity index (χ1) is 9.99. The van der Waals surface area contributed by atoms with Crippen LogP contribution in [0, 0.1) is 0 Å². The van der Waals surface area contributed by atoms with Gasteiger partial charge in [-0.2, -0.15) is 4.33 Å². The zero-order chi connectivity index (χ0) is 15.3. The van der Waals surface area contributed by atoms with Crippen molar-refractivity contribution >= 4 is 54.8 Å². The molecule has 2 rings (SSSR count). The summed E-state index contributed by atoms with van der Waals surface area (Å²) in [5.74, 6) is 0. The molecule has 114 valence electrons. The van der Waals surface area contributed by atoms with E-state index in [0.29, 0.717) is 4.34 Å². The summed E-state index contributed by atoms with van der Waals surface area (Å²) in [6.45, 7) is 0. The van der Waals surface area contributed by atoms with E-state index in [0.717, 1.165) is 41.0 Å². The van der Waals surface area contributed by atoms with Crippen LogP contribution in [0.15, 0.2) is 19.0 Å². The monoisotopic (exact) mass is 369 g/mol. The highest BCUT2D eigenvalue weighted by Gasteiger charge is 2.14. The maximum absolute atomic E-state index is 11.2. The van der Waals surface area contributed by atoms with Crippen molar-refractivity contribution in [2.75, 3.05) is 18.8 Å². The Morgan fingerprint density at radius 3 is 2.71 bits per heavy atom. The molecular weight excluding hydrogens is 362 g/mol. The second kappa shape index (κ2) is 7.14. The quantitative estimate of drug-likeness (QED) is 0.330. The third-order valence-electron chi connectivity index (χ3n) is 1.57. The van der Waals surface area contributed by atoms with Gasteiger partial charge in [-0.3, -0.25) is 0 Å². The predicted molar refractivity (Wildman–Crippen MR) is 75.0 cm³/mol. The van der Waals surface area contributed by atoms with Crippen molar-refractivity contribution in [1.82, 2.24) is 20.4 Å². The van der Waals surface area contributed by atoms with Crippen LogP contribution < -0.4 is 5.43 Å². The van der Waals surface area contributed by atoms with Gasteiger partial charge in [0.2, 0.25) is 23.6 Å². The maximum Gasteiger partial charge on any atom is 0.254 e. The molecule has 1 N–H and O–H groups in total. The van der Waals surface area contributed by atoms with E-state index in [4.69, 9.17) is 0 Å². The fourth-order valence-electron chi connectivity index (χ4n) is 0.855. The summed E-state index contributed by atoms with van der Waals surface area (Å²) in [4.78, 5) is 4.40. The summed E-state index contributed by atoms with van der Waals surface area (Å²) in [5.41, 5.74) is 2.45. The molecule has 0 amide bonds. The van der Waals surface area contributed by atoms with Crippen LogP contribution in [0.25, 0.3) is 0 Å². The van der Waals surface area contributed by atoms with Crippen LogP contribution in [0.4, 0.5) is 10.3 Å². The van der Waals surface area contributed by atoms with Gasteiger partial charge in [-0.1, -0.05) is 33.0 Å². The molecule has 15 heteroatoms. The molecule has 2 aromatic rings. The number of sulfone groups is 1. The van der Waals surface area contributed by atoms with Crippen LogP contribution in [0.1, 0.15) is 0 Å². The average Bonchev–Trinajstić information content (AvgIpc) is 3.05. The van der Waals surface area contributed by atoms with Gasteiger partial charge in [-0.25, -0.2) is 18.7 Å². The maximum atomic E-state index is 11.2. The van der Waals surface area contributed by atoms with Gasteiger partial charge >= 0.3 is 0 Å². The summed E-state index contributed by atoms with van der Waals surface area (Å²) < 4.78 is 27.4. The molecule has 0 radical (unpaired) electrons. The summed E-state index contributed by atoms with van der Waals surface area (Å²) in [5, 5.41) is 22.4. The molecular formula is C6H7N7O4S4. The van der Waals surface area contributed by atoms with E-state index >= 15 is 0 Å². The molecule has 11 nitrogen and oxygen atoms in total. The molecule has 0 aliphatic heterocycles. The summed E-state index contributed by atoms with van der Waals surface area (Å²) >= 11 is 2.86. The molecule has 2 aromatic heterocycles. The molecule has 0 spiro atoms. The third kappa shape index (κ3) is 4.90. The SMILES string of the molecule is COOSc1nnc(N=NNc2nnc(S(C)(=O)=O)s2)s1. The van der Waals surface area contributed by atoms with Crippen LogP contribution in [-0.4, -0.2) is 42.2 Å². The van der Waals surface area contributed by atoms with Gasteiger partial charge in [0.15, 0.2) is 0 Å². The van der Waals surface area contributed by atoms with Gasteiger partial charge in [-0.05, 0) is 0 Å². The lowest BCUT2D eigenvalue weighted by molar-refractivity contribution is -0.160. The van der Waals surface area contributed by atoms with Crippen molar-refractivity contribution in [2.24, 2.45) is 10.3 Å². The zero-order valence-corrected chi connectivity index (χ0v) is 13.7. The Bertz CT molecular complexity index is 725. The van der Waals surface area contributed by atoms with E-state index < -0.39 is 9.84 Å². The minimum atomic E-state index is -3.38. The van der Waals surface area contributed by atoms with Crippen molar-refractivity contribution in [3.63, 3.8) is 0 Å². The molecule has 0 aliphatic rings. The molecule has 0 saturated carbocycles. The Morgan fingerprint density at radius 2 is 2.05 bits per heavy atom. The molecule has 0 saturated heterocycles. The van der Waals surface area contributed by atoms with Gasteiger partial charge in [-0.15, -0.1) is 20.4 Å². The van der Waals surface area contributed by atoms with Gasteiger partial charge < -0.3 is 0 Å². The standard InChI is InChI=1S/C6H7N7O4S4/c1-16-17-20-5-11-7-3(18-5)9-13-10-4-8-12-6(19-4)21(2,14)15/h1-2H3,(H,7,8,9,10). The number of aromatic nitrogens is 4. The van der Waals surface area contributed by atoms with E-state index in [-0.39, 0.29) is 14.6 Å². The highest BCUT2D eigenvalue weighted by atomic mass is 32.2. The van der Waals surface area contributed by atoms with Gasteiger partial charge in [0.05, 0.1) is 7.11 Å². The summed E-state index contributed by atoms with van der Waals surface area (Å²) in [7, 11) is -2.01. The molecule has 0 aromatic carbocycles. The first-order valence-electron chi connectivity index (χ1n) is 4.90. The largest absolute Gasteiger partial charge is 0.254 e. The smallest absolute Gasteiger partial charge is 0.232 e. The van der Waals surface area contributed by atoms with Gasteiger partial charge in [0.1, 0.15) is 12.0 Å². The number of nitrogens with zero attached hydrogens (tertiary/aromatic N) is 6. The highest BCUT2D eigenvalue weighted by molar-refractivity contribution is 7.96. The zero-order valence-electron chi connectivity index (χ0n) is 10.4. The summed E-state index contributed by atoms with van der Waals surface area (Å²) in [6, 6.07) is 0. The lowest BCUT2D eigenvalue weighted by atomic mass is 11.3. The average molecular weight is 369 g/mol. The first-order valence-corrected chi connectivity index (χ1v) is 9.17. The third-order valence-corrected chi connectivity index (χ3v) is 5.56. The van der Waals surface area contributed by atoms with Gasteiger partial charge in [0, 0.05) is 6.26 Å². The minimum absolute atomic E-state index is 0.105. The Kier molecular flexibility index (Phi) is 5.48. The van der Waals surface area contributed by atoms with Crippen LogP contribution in [0.3, 0.4) is 0 Å². The second-order valence-corrected chi connectivity index (χ2v) is 8.20. The number of hydrogen-bond donors (Lipinski definition) is 1. The highest BCUT2D eigenvalue weighted by Crippen LogP contribution is 2.28. The first kappa shape index (κ1) is 16.1. The van der Waals surface area contributed by atoms with E-state index in [2.05, 4.69) is 45.4 Å². The Labute approximate surface area is 130 Å². The van der Waals surface area contributed by atoms with Crippen LogP contribution in [0.2, 0.25) is 0 Å². The van der Waals surface area contributed by atoms with Crippen molar-refractivity contribution < 1.29 is 17.6 Å². The molecule has 2 heterocycles. The predicted octanol–water partition coefficient (Wildman–Crippen LogP) is 1.49. The van der Waals surface area contributed by atoms with E-state index in [9.17, 15) is 8.42 Å². The number of hydrogen-bond acceptors (Lipinski definition) is 13. The number of anilines is 1. The molecule has 0 aliphatic carbocycles. The van der Waals surface area contributed by atoms with Crippen molar-refractivity contribution in [2.45, 2.75) is 8.68 Å². The fraction of sp³-hybridized carbons (Fsp3) is 0.333. The fourth-order valence-corrected chi connectivity index (χ4v) is 3.35.